The van der Waals surface area contributed by atoms with Crippen LogP contribution >= 0.6 is 0 Å². The van der Waals surface area contributed by atoms with Crippen molar-refractivity contribution in [3.8, 4) is 5.75 Å². The van der Waals surface area contributed by atoms with E-state index in [1.54, 1.807) is 25.3 Å². The molecule has 0 bridgehead atoms. The molecule has 0 unspecified atom stereocenters. The molecule has 3 N–H and O–H groups in total. The van der Waals surface area contributed by atoms with Crippen LogP contribution in [-0.4, -0.2) is 28.1 Å². The lowest BCUT2D eigenvalue weighted by Crippen LogP contribution is -2.23. The Morgan fingerprint density at radius 3 is 2.58 bits per heavy atom. The number of aromatic nitrogens is 2. The van der Waals surface area contributed by atoms with Gasteiger partial charge in [-0.05, 0) is 60.2 Å². The molecule has 1 saturated carbocycles. The maximum absolute atomic E-state index is 12.7. The molecule has 1 aliphatic carbocycles. The SMILES string of the molecule is COc1cccc(CNC(=O)c2ccc3nc(C=C(O)c4ccc(C5CCCCC5)cc4)c(=O)[nH]c3c2)c1. The van der Waals surface area contributed by atoms with Crippen LogP contribution in [0.4, 0.5) is 0 Å². The number of nitrogens with one attached hydrogen (secondary N) is 2. The highest BCUT2D eigenvalue weighted by molar-refractivity contribution is 5.97. The van der Waals surface area contributed by atoms with E-state index in [0.717, 1.165) is 11.3 Å². The molecule has 1 heterocycles. The normalized spacial score (nSPS) is 14.4. The first-order valence-electron chi connectivity index (χ1n) is 13.0. The molecule has 1 amide bonds. The molecule has 7 nitrogen and oxygen atoms in total. The van der Waals surface area contributed by atoms with Crippen molar-refractivity contribution in [3.63, 3.8) is 0 Å². The molecule has 4 aromatic rings. The van der Waals surface area contributed by atoms with Gasteiger partial charge in [0.15, 0.2) is 0 Å². The molecule has 194 valence electrons. The number of hydrogen-bond donors (Lipinski definition) is 3. The standard InChI is InChI=1S/C31H31N3O4/c1-38-25-9-5-6-20(16-25)19-32-30(36)24-14-15-26-27(17-24)34-31(37)28(33-26)18-29(35)23-12-10-22(11-13-23)21-7-3-2-4-8-21/h5-6,9-18,21,35H,2-4,7-8,19H2,1H3,(H,32,36)(H,34,37). The lowest BCUT2D eigenvalue weighted by atomic mass is 9.84. The van der Waals surface area contributed by atoms with Gasteiger partial charge < -0.3 is 20.1 Å². The number of hydrogen-bond acceptors (Lipinski definition) is 5. The van der Waals surface area contributed by atoms with Crippen molar-refractivity contribution in [2.45, 2.75) is 44.6 Å². The number of aromatic amines is 1. The number of carbonyl (C=O) groups excluding carboxylic acids is 1. The van der Waals surface area contributed by atoms with E-state index in [4.69, 9.17) is 4.74 Å². The molecule has 5 rings (SSSR count). The van der Waals surface area contributed by atoms with Crippen LogP contribution in [0.15, 0.2) is 71.5 Å². The van der Waals surface area contributed by atoms with E-state index in [1.807, 2.05) is 36.4 Å². The Morgan fingerprint density at radius 2 is 1.82 bits per heavy atom. The van der Waals surface area contributed by atoms with E-state index in [-0.39, 0.29) is 17.4 Å². The second kappa shape index (κ2) is 11.3. The molecule has 0 radical (unpaired) electrons. The van der Waals surface area contributed by atoms with Crippen molar-refractivity contribution < 1.29 is 14.6 Å². The largest absolute Gasteiger partial charge is 0.507 e. The van der Waals surface area contributed by atoms with Gasteiger partial charge >= 0.3 is 0 Å². The lowest BCUT2D eigenvalue weighted by molar-refractivity contribution is 0.0951. The Balaban J connectivity index is 1.30. The summed E-state index contributed by atoms with van der Waals surface area (Å²) in [4.78, 5) is 32.6. The van der Waals surface area contributed by atoms with Gasteiger partial charge in [-0.25, -0.2) is 4.98 Å². The maximum Gasteiger partial charge on any atom is 0.274 e. The number of benzene rings is 3. The van der Waals surface area contributed by atoms with Crippen LogP contribution in [0.1, 0.15) is 70.8 Å². The molecule has 0 atom stereocenters. The van der Waals surface area contributed by atoms with E-state index in [2.05, 4.69) is 27.4 Å². The summed E-state index contributed by atoms with van der Waals surface area (Å²) in [5.41, 5.74) is 3.85. The van der Waals surface area contributed by atoms with Crippen LogP contribution in [0, 0.1) is 0 Å². The fraction of sp³-hybridized carbons (Fsp3) is 0.258. The van der Waals surface area contributed by atoms with Gasteiger partial charge in [0.05, 0.1) is 18.1 Å². The lowest BCUT2D eigenvalue weighted by Gasteiger charge is -2.22. The number of methoxy groups -OCH3 is 1. The van der Waals surface area contributed by atoms with E-state index in [9.17, 15) is 14.7 Å². The van der Waals surface area contributed by atoms with Crippen molar-refractivity contribution in [1.29, 1.82) is 0 Å². The number of H-pyrrole nitrogens is 1. The third-order valence-electron chi connectivity index (χ3n) is 7.12. The molecule has 0 aliphatic heterocycles. The number of amides is 1. The van der Waals surface area contributed by atoms with Crippen molar-refractivity contribution in [2.75, 3.05) is 7.11 Å². The zero-order valence-corrected chi connectivity index (χ0v) is 21.4. The monoisotopic (exact) mass is 509 g/mol. The third kappa shape index (κ3) is 5.78. The number of aliphatic hydroxyl groups is 1. The number of nitrogens with zero attached hydrogens (tertiary/aromatic N) is 1. The summed E-state index contributed by atoms with van der Waals surface area (Å²) in [5, 5.41) is 13.6. The van der Waals surface area contributed by atoms with Crippen LogP contribution in [-0.2, 0) is 6.54 Å². The van der Waals surface area contributed by atoms with Crippen LogP contribution in [0.2, 0.25) is 0 Å². The topological polar surface area (TPSA) is 104 Å². The Bertz CT molecular complexity index is 1530. The average Bonchev–Trinajstić information content (AvgIpc) is 2.96. The van der Waals surface area contributed by atoms with Crippen molar-refractivity contribution in [2.24, 2.45) is 0 Å². The highest BCUT2D eigenvalue weighted by atomic mass is 16.5. The average molecular weight is 510 g/mol. The smallest absolute Gasteiger partial charge is 0.274 e. The second-order valence-corrected chi connectivity index (χ2v) is 9.70. The summed E-state index contributed by atoms with van der Waals surface area (Å²) in [6, 6.07) is 20.3. The summed E-state index contributed by atoms with van der Waals surface area (Å²) >= 11 is 0. The predicted molar refractivity (Wildman–Crippen MR) is 149 cm³/mol. The highest BCUT2D eigenvalue weighted by Crippen LogP contribution is 2.33. The first kappa shape index (κ1) is 25.3. The summed E-state index contributed by atoms with van der Waals surface area (Å²) in [5.74, 6) is 1.01. The summed E-state index contributed by atoms with van der Waals surface area (Å²) in [6.07, 6.45) is 7.64. The van der Waals surface area contributed by atoms with E-state index in [0.29, 0.717) is 34.6 Å². The van der Waals surface area contributed by atoms with Gasteiger partial charge in [-0.3, -0.25) is 9.59 Å². The third-order valence-corrected chi connectivity index (χ3v) is 7.12. The molecule has 0 saturated heterocycles. The quantitative estimate of drug-likeness (QED) is 0.267. The van der Waals surface area contributed by atoms with Crippen LogP contribution < -0.4 is 15.6 Å². The molecule has 3 aromatic carbocycles. The Labute approximate surface area is 221 Å². The van der Waals surface area contributed by atoms with Gasteiger partial charge in [0.2, 0.25) is 0 Å². The minimum Gasteiger partial charge on any atom is -0.507 e. The fourth-order valence-corrected chi connectivity index (χ4v) is 4.98. The minimum atomic E-state index is -0.447. The molecule has 0 spiro atoms. The first-order valence-corrected chi connectivity index (χ1v) is 13.0. The molecular weight excluding hydrogens is 478 g/mol. The van der Waals surface area contributed by atoms with Crippen LogP contribution in [0.3, 0.4) is 0 Å². The minimum absolute atomic E-state index is 0.0221. The Morgan fingerprint density at radius 1 is 1.05 bits per heavy atom. The van der Waals surface area contributed by atoms with E-state index >= 15 is 0 Å². The van der Waals surface area contributed by atoms with Gasteiger partial charge in [-0.2, -0.15) is 0 Å². The van der Waals surface area contributed by atoms with E-state index in [1.165, 1.54) is 43.7 Å². The molecule has 1 fully saturated rings. The molecule has 7 heteroatoms. The van der Waals surface area contributed by atoms with Gasteiger partial charge in [0, 0.05) is 23.7 Å². The second-order valence-electron chi connectivity index (χ2n) is 9.70. The van der Waals surface area contributed by atoms with Crippen LogP contribution in [0.25, 0.3) is 22.9 Å². The van der Waals surface area contributed by atoms with E-state index < -0.39 is 5.56 Å². The summed E-state index contributed by atoms with van der Waals surface area (Å²) in [7, 11) is 1.60. The number of carbonyl (C=O) groups is 1. The number of rotatable bonds is 7. The highest BCUT2D eigenvalue weighted by Gasteiger charge is 2.16. The van der Waals surface area contributed by atoms with Gasteiger partial charge in [0.25, 0.3) is 11.5 Å². The predicted octanol–water partition coefficient (Wildman–Crippen LogP) is 5.97. The molecule has 1 aromatic heterocycles. The van der Waals surface area contributed by atoms with Gasteiger partial charge in [0.1, 0.15) is 17.2 Å². The Kier molecular flexibility index (Phi) is 7.54. The summed E-state index contributed by atoms with van der Waals surface area (Å²) < 4.78 is 5.22. The maximum atomic E-state index is 12.7. The number of ether oxygens (including phenoxy) is 1. The van der Waals surface area contributed by atoms with Crippen molar-refractivity contribution >= 4 is 28.8 Å². The first-order chi connectivity index (χ1) is 18.5. The van der Waals surface area contributed by atoms with Crippen molar-refractivity contribution in [1.82, 2.24) is 15.3 Å². The van der Waals surface area contributed by atoms with Crippen molar-refractivity contribution in [3.05, 3.63) is 105 Å². The zero-order chi connectivity index (χ0) is 26.5. The molecular formula is C31H31N3O4. The fourth-order valence-electron chi connectivity index (χ4n) is 4.98. The molecule has 1 aliphatic rings. The van der Waals surface area contributed by atoms with Gasteiger partial charge in [-0.1, -0.05) is 55.7 Å². The van der Waals surface area contributed by atoms with Gasteiger partial charge in [-0.15, -0.1) is 0 Å². The molecule has 38 heavy (non-hydrogen) atoms. The number of aliphatic hydroxyl groups excluding tert-OH is 1. The van der Waals surface area contributed by atoms with Crippen LogP contribution in [0.5, 0.6) is 5.75 Å². The summed E-state index contributed by atoms with van der Waals surface area (Å²) in [6.45, 7) is 0.341. The Hall–Kier alpha value is -4.39. The zero-order valence-electron chi connectivity index (χ0n) is 21.4. The number of fused-ring (bicyclic) bond motifs is 1.